The molecular formula is C21H22Cl2N2OS. The van der Waals surface area contributed by atoms with E-state index in [0.717, 1.165) is 40.0 Å². The molecule has 0 saturated carbocycles. The highest BCUT2D eigenvalue weighted by molar-refractivity contribution is 7.97. The largest absolute Gasteiger partial charge is 0.493 e. The minimum absolute atomic E-state index is 0.332. The first-order valence-electron chi connectivity index (χ1n) is 8.89. The highest BCUT2D eigenvalue weighted by atomic mass is 35.5. The van der Waals surface area contributed by atoms with Gasteiger partial charge in [-0.3, -0.25) is 9.71 Å². The summed E-state index contributed by atoms with van der Waals surface area (Å²) >= 11 is 13.9. The first-order valence-corrected chi connectivity index (χ1v) is 10.5. The van der Waals surface area contributed by atoms with Gasteiger partial charge in [0.25, 0.3) is 0 Å². The number of aryl methyl sites for hydroxylation is 1. The van der Waals surface area contributed by atoms with Crippen molar-refractivity contribution in [1.82, 2.24) is 9.71 Å². The first-order chi connectivity index (χ1) is 13.0. The molecule has 0 fully saturated rings. The fraction of sp³-hybridized carbons (Fsp3) is 0.286. The molecule has 2 aromatic carbocycles. The number of nitrogens with one attached hydrogen (secondary N) is 1. The summed E-state index contributed by atoms with van der Waals surface area (Å²) in [6, 6.07) is 14.0. The summed E-state index contributed by atoms with van der Waals surface area (Å²) in [5.41, 5.74) is 2.03. The topological polar surface area (TPSA) is 34.1 Å². The molecule has 27 heavy (non-hydrogen) atoms. The third kappa shape index (κ3) is 5.52. The molecule has 0 amide bonds. The molecule has 1 atom stereocenters. The summed E-state index contributed by atoms with van der Waals surface area (Å²) in [6.07, 6.45) is 3.75. The van der Waals surface area contributed by atoms with Crippen molar-refractivity contribution >= 4 is 46.1 Å². The van der Waals surface area contributed by atoms with Crippen LogP contribution in [0.25, 0.3) is 10.9 Å². The summed E-state index contributed by atoms with van der Waals surface area (Å²) in [5.74, 6) is 0.888. The van der Waals surface area contributed by atoms with E-state index in [1.807, 2.05) is 43.3 Å². The van der Waals surface area contributed by atoms with Crippen LogP contribution >= 0.6 is 35.1 Å². The Morgan fingerprint density at radius 3 is 2.85 bits per heavy atom. The summed E-state index contributed by atoms with van der Waals surface area (Å²) in [6.45, 7) is 4.85. The highest BCUT2D eigenvalue weighted by Gasteiger charge is 2.09. The molecule has 1 aromatic heterocycles. The standard InChI is InChI=1S/C21H22Cl2N2OS/c1-14-12-16(22)13-18(23)21(14)27-25-15(2)6-5-11-26-20-9-3-8-19-17(20)7-4-10-24-19/h3-4,7-10,12-13,15,25H,5-6,11H2,1-2H3/t15-/m0/s1. The quantitative estimate of drug-likeness (QED) is 0.324. The van der Waals surface area contributed by atoms with E-state index < -0.39 is 0 Å². The van der Waals surface area contributed by atoms with Gasteiger partial charge in [-0.1, -0.05) is 29.3 Å². The predicted molar refractivity (Wildman–Crippen MR) is 116 cm³/mol. The van der Waals surface area contributed by atoms with Gasteiger partial charge in [0.05, 0.1) is 17.1 Å². The van der Waals surface area contributed by atoms with Gasteiger partial charge in [0, 0.05) is 27.5 Å². The van der Waals surface area contributed by atoms with Gasteiger partial charge in [-0.25, -0.2) is 0 Å². The number of benzene rings is 2. The van der Waals surface area contributed by atoms with Gasteiger partial charge in [-0.05, 0) is 80.6 Å². The van der Waals surface area contributed by atoms with Gasteiger partial charge in [0.1, 0.15) is 5.75 Å². The average Bonchev–Trinajstić information content (AvgIpc) is 2.64. The number of hydrogen-bond acceptors (Lipinski definition) is 4. The van der Waals surface area contributed by atoms with Crippen LogP contribution in [-0.2, 0) is 0 Å². The molecule has 6 heteroatoms. The van der Waals surface area contributed by atoms with E-state index in [9.17, 15) is 0 Å². The zero-order chi connectivity index (χ0) is 19.2. The van der Waals surface area contributed by atoms with Crippen molar-refractivity contribution in [3.05, 3.63) is 64.3 Å². The second kappa shape index (κ2) is 9.65. The summed E-state index contributed by atoms with van der Waals surface area (Å²) in [5, 5.41) is 2.39. The number of aromatic nitrogens is 1. The van der Waals surface area contributed by atoms with Gasteiger partial charge >= 0.3 is 0 Å². The molecule has 1 heterocycles. The van der Waals surface area contributed by atoms with Gasteiger partial charge in [0.15, 0.2) is 0 Å². The monoisotopic (exact) mass is 420 g/mol. The van der Waals surface area contributed by atoms with Gasteiger partial charge < -0.3 is 4.74 Å². The number of pyridine rings is 1. The molecule has 3 nitrogen and oxygen atoms in total. The zero-order valence-corrected chi connectivity index (χ0v) is 17.7. The number of hydrogen-bond donors (Lipinski definition) is 1. The van der Waals surface area contributed by atoms with Crippen molar-refractivity contribution in [2.45, 2.75) is 37.6 Å². The third-order valence-electron chi connectivity index (χ3n) is 4.20. The van der Waals surface area contributed by atoms with Crippen molar-refractivity contribution < 1.29 is 4.74 Å². The molecule has 3 rings (SSSR count). The molecule has 0 saturated heterocycles. The molecule has 0 aliphatic rings. The molecule has 0 radical (unpaired) electrons. The Morgan fingerprint density at radius 2 is 2.04 bits per heavy atom. The molecule has 1 N–H and O–H groups in total. The number of halogens is 2. The van der Waals surface area contributed by atoms with Crippen molar-refractivity contribution in [3.63, 3.8) is 0 Å². The van der Waals surface area contributed by atoms with Crippen LogP contribution in [0.15, 0.2) is 53.6 Å². The van der Waals surface area contributed by atoms with Gasteiger partial charge in [0.2, 0.25) is 0 Å². The Balaban J connectivity index is 1.45. The van der Waals surface area contributed by atoms with Crippen molar-refractivity contribution in [2.75, 3.05) is 6.61 Å². The highest BCUT2D eigenvalue weighted by Crippen LogP contribution is 2.32. The van der Waals surface area contributed by atoms with E-state index in [1.54, 1.807) is 24.2 Å². The molecular weight excluding hydrogens is 399 g/mol. The number of fused-ring (bicyclic) bond motifs is 1. The fourth-order valence-corrected chi connectivity index (χ4v) is 4.33. The van der Waals surface area contributed by atoms with E-state index in [0.29, 0.717) is 22.7 Å². The van der Waals surface area contributed by atoms with Crippen molar-refractivity contribution in [2.24, 2.45) is 0 Å². The second-order valence-corrected chi connectivity index (χ2v) is 8.16. The van der Waals surface area contributed by atoms with Crippen LogP contribution in [0.5, 0.6) is 5.75 Å². The predicted octanol–water partition coefficient (Wildman–Crippen LogP) is 6.69. The fourth-order valence-electron chi connectivity index (χ4n) is 2.81. The Kier molecular flexibility index (Phi) is 7.25. The van der Waals surface area contributed by atoms with Crippen molar-refractivity contribution in [1.29, 1.82) is 0 Å². The Hall–Kier alpha value is -1.46. The molecule has 0 aliphatic carbocycles. The maximum absolute atomic E-state index is 6.29. The van der Waals surface area contributed by atoms with E-state index in [1.165, 1.54) is 0 Å². The Bertz CT molecular complexity index is 891. The molecule has 0 aliphatic heterocycles. The van der Waals surface area contributed by atoms with Crippen LogP contribution in [-0.4, -0.2) is 17.6 Å². The van der Waals surface area contributed by atoms with E-state index >= 15 is 0 Å². The summed E-state index contributed by atoms with van der Waals surface area (Å²) in [4.78, 5) is 5.38. The van der Waals surface area contributed by atoms with E-state index in [2.05, 4.69) is 16.6 Å². The lowest BCUT2D eigenvalue weighted by Gasteiger charge is -2.15. The lowest BCUT2D eigenvalue weighted by Crippen LogP contribution is -2.20. The SMILES string of the molecule is Cc1cc(Cl)cc(Cl)c1SN[C@@H](C)CCCOc1cccc2ncccc12. The Labute approximate surface area is 174 Å². The van der Waals surface area contributed by atoms with E-state index in [-0.39, 0.29) is 0 Å². The molecule has 0 unspecified atom stereocenters. The van der Waals surface area contributed by atoms with Crippen LogP contribution in [0.1, 0.15) is 25.3 Å². The number of rotatable bonds is 8. The molecule has 0 bridgehead atoms. The molecule has 3 aromatic rings. The van der Waals surface area contributed by atoms with Crippen LogP contribution in [0.3, 0.4) is 0 Å². The molecule has 0 spiro atoms. The van der Waals surface area contributed by atoms with Crippen LogP contribution in [0, 0.1) is 6.92 Å². The normalized spacial score (nSPS) is 12.3. The zero-order valence-electron chi connectivity index (χ0n) is 15.3. The first kappa shape index (κ1) is 20.3. The maximum Gasteiger partial charge on any atom is 0.128 e. The smallest absolute Gasteiger partial charge is 0.128 e. The summed E-state index contributed by atoms with van der Waals surface area (Å²) < 4.78 is 9.43. The summed E-state index contributed by atoms with van der Waals surface area (Å²) in [7, 11) is 0. The van der Waals surface area contributed by atoms with Crippen molar-refractivity contribution in [3.8, 4) is 5.75 Å². The minimum Gasteiger partial charge on any atom is -0.493 e. The second-order valence-electron chi connectivity index (χ2n) is 6.47. The van der Waals surface area contributed by atoms with E-state index in [4.69, 9.17) is 27.9 Å². The van der Waals surface area contributed by atoms with Gasteiger partial charge in [-0.2, -0.15) is 0 Å². The Morgan fingerprint density at radius 1 is 1.19 bits per heavy atom. The number of ether oxygens (including phenoxy) is 1. The lowest BCUT2D eigenvalue weighted by molar-refractivity contribution is 0.305. The molecule has 142 valence electrons. The number of nitrogens with zero attached hydrogens (tertiary/aromatic N) is 1. The lowest BCUT2D eigenvalue weighted by atomic mass is 10.2. The van der Waals surface area contributed by atoms with Crippen LogP contribution in [0.4, 0.5) is 0 Å². The van der Waals surface area contributed by atoms with Crippen LogP contribution in [0.2, 0.25) is 10.0 Å². The van der Waals surface area contributed by atoms with Gasteiger partial charge in [-0.15, -0.1) is 0 Å². The van der Waals surface area contributed by atoms with Crippen LogP contribution < -0.4 is 9.46 Å². The maximum atomic E-state index is 6.29. The average molecular weight is 421 g/mol. The third-order valence-corrected chi connectivity index (χ3v) is 6.10. The minimum atomic E-state index is 0.332.